The maximum atomic E-state index is 13.5. The van der Waals surface area contributed by atoms with E-state index in [-0.39, 0.29) is 17.7 Å². The number of rotatable bonds is 33. The highest BCUT2D eigenvalue weighted by Crippen LogP contribution is 2.37. The standard InChI is InChI=1S/C48H80N4O3S/c1-5-7-9-11-13-15-17-19-21-23-25-27-29-31-33-35-44(53)50-48-46(47(55)49-38-40-51(3)4)42-37-39-52(41-43(42)56-48)45(54)36-34-32-30-28-26-24-22-20-18-16-14-12-10-8-6-2/h13-16,19-22H,5-12,17-18,23-41H2,1-4H3,(H,49,55)(H,50,53)/b15-13-,16-14-,21-19-,22-20-. The lowest BCUT2D eigenvalue weighted by Crippen LogP contribution is -2.36. The monoisotopic (exact) mass is 793 g/mol. The summed E-state index contributed by atoms with van der Waals surface area (Å²) in [7, 11) is 3.97. The van der Waals surface area contributed by atoms with Gasteiger partial charge in [-0.25, -0.2) is 0 Å². The Labute approximate surface area is 346 Å². The van der Waals surface area contributed by atoms with E-state index >= 15 is 0 Å². The van der Waals surface area contributed by atoms with Crippen molar-refractivity contribution in [2.24, 2.45) is 0 Å². The summed E-state index contributed by atoms with van der Waals surface area (Å²) in [5.41, 5.74) is 1.59. The van der Waals surface area contributed by atoms with Gasteiger partial charge in [0.2, 0.25) is 11.8 Å². The van der Waals surface area contributed by atoms with Crippen LogP contribution in [-0.2, 0) is 22.6 Å². The van der Waals surface area contributed by atoms with Gasteiger partial charge in [0, 0.05) is 37.4 Å². The lowest BCUT2D eigenvalue weighted by molar-refractivity contribution is -0.132. The van der Waals surface area contributed by atoms with Crippen LogP contribution in [0.2, 0.25) is 0 Å². The summed E-state index contributed by atoms with van der Waals surface area (Å²) >= 11 is 1.48. The molecule has 2 heterocycles. The maximum Gasteiger partial charge on any atom is 0.254 e. The summed E-state index contributed by atoms with van der Waals surface area (Å²) in [6.07, 6.45) is 45.4. The van der Waals surface area contributed by atoms with E-state index in [4.69, 9.17) is 0 Å². The summed E-state index contributed by atoms with van der Waals surface area (Å²) in [6.45, 7) is 6.88. The molecule has 1 aromatic heterocycles. The molecular formula is C48H80N4O3S. The fourth-order valence-electron chi connectivity index (χ4n) is 6.96. The molecule has 0 bridgehead atoms. The van der Waals surface area contributed by atoms with Gasteiger partial charge in [0.25, 0.3) is 5.91 Å². The third-order valence-electron chi connectivity index (χ3n) is 10.4. The number of carbonyl (C=O) groups excluding carboxylic acids is 3. The molecule has 2 rings (SSSR count). The van der Waals surface area contributed by atoms with Gasteiger partial charge in [0.05, 0.1) is 12.1 Å². The first kappa shape index (κ1) is 49.2. The van der Waals surface area contributed by atoms with Crippen LogP contribution < -0.4 is 10.6 Å². The predicted molar refractivity (Wildman–Crippen MR) is 242 cm³/mol. The Morgan fingerprint density at radius 3 is 1.70 bits per heavy atom. The SMILES string of the molecule is CCCCC/C=C\C/C=C\CCCCCCCC(=O)Nc1sc2c(c1C(=O)NCCN(C)C)CCN(C(=O)CCCCCCC/C=C\C/C=C\CCCCC)C2. The molecule has 0 fully saturated rings. The number of allylic oxidation sites excluding steroid dienone is 8. The lowest BCUT2D eigenvalue weighted by atomic mass is 10.0. The molecule has 1 aliphatic rings. The normalized spacial score (nSPS) is 13.3. The molecule has 316 valence electrons. The van der Waals surface area contributed by atoms with E-state index in [0.29, 0.717) is 49.5 Å². The summed E-state index contributed by atoms with van der Waals surface area (Å²) in [6, 6.07) is 0. The Balaban J connectivity index is 1.74. The number of likely N-dealkylation sites (N-methyl/N-ethyl adjacent to an activating group) is 1. The third-order valence-corrected chi connectivity index (χ3v) is 11.6. The zero-order valence-corrected chi connectivity index (χ0v) is 37.0. The second-order valence-electron chi connectivity index (χ2n) is 15.8. The molecule has 2 N–H and O–H groups in total. The van der Waals surface area contributed by atoms with Crippen LogP contribution in [0.25, 0.3) is 0 Å². The molecule has 3 amide bonds. The Bertz CT molecular complexity index is 1330. The van der Waals surface area contributed by atoms with Crippen LogP contribution in [0.3, 0.4) is 0 Å². The molecule has 0 radical (unpaired) electrons. The Morgan fingerprint density at radius 2 is 1.16 bits per heavy atom. The van der Waals surface area contributed by atoms with Crippen LogP contribution in [0.5, 0.6) is 0 Å². The lowest BCUT2D eigenvalue weighted by Gasteiger charge is -2.27. The topological polar surface area (TPSA) is 81.8 Å². The largest absolute Gasteiger partial charge is 0.351 e. The van der Waals surface area contributed by atoms with E-state index in [1.165, 1.54) is 88.4 Å². The fourth-order valence-corrected chi connectivity index (χ4v) is 8.23. The summed E-state index contributed by atoms with van der Waals surface area (Å²) in [5.74, 6) is 0.0196. The Kier molecular flexibility index (Phi) is 29.0. The van der Waals surface area contributed by atoms with Crippen molar-refractivity contribution in [3.05, 3.63) is 64.6 Å². The van der Waals surface area contributed by atoms with Crippen molar-refractivity contribution >= 4 is 34.1 Å². The molecule has 56 heavy (non-hydrogen) atoms. The average molecular weight is 793 g/mol. The van der Waals surface area contributed by atoms with Gasteiger partial charge < -0.3 is 20.4 Å². The summed E-state index contributed by atoms with van der Waals surface area (Å²) < 4.78 is 0. The average Bonchev–Trinajstić information content (AvgIpc) is 3.54. The highest BCUT2D eigenvalue weighted by Gasteiger charge is 2.30. The van der Waals surface area contributed by atoms with Crippen LogP contribution in [-0.4, -0.2) is 61.3 Å². The minimum Gasteiger partial charge on any atom is -0.351 e. The first-order valence-electron chi connectivity index (χ1n) is 22.6. The number of nitrogens with zero attached hydrogens (tertiary/aromatic N) is 2. The van der Waals surface area contributed by atoms with Crippen LogP contribution in [0.15, 0.2) is 48.6 Å². The third kappa shape index (κ3) is 23.3. The number of thiophene rings is 1. The zero-order chi connectivity index (χ0) is 40.5. The number of hydrogen-bond donors (Lipinski definition) is 2. The van der Waals surface area contributed by atoms with Gasteiger partial charge in [-0.05, 0) is 103 Å². The van der Waals surface area contributed by atoms with E-state index in [0.717, 1.165) is 81.2 Å². The Hall–Kier alpha value is -2.97. The molecule has 8 heteroatoms. The molecule has 1 aliphatic heterocycles. The van der Waals surface area contributed by atoms with Crippen molar-refractivity contribution < 1.29 is 14.4 Å². The first-order valence-corrected chi connectivity index (χ1v) is 23.4. The highest BCUT2D eigenvalue weighted by atomic mass is 32.1. The number of fused-ring (bicyclic) bond motifs is 1. The van der Waals surface area contributed by atoms with E-state index in [9.17, 15) is 14.4 Å². The number of amides is 3. The van der Waals surface area contributed by atoms with Gasteiger partial charge in [-0.3, -0.25) is 14.4 Å². The van der Waals surface area contributed by atoms with Gasteiger partial charge in [0.1, 0.15) is 5.00 Å². The number of hydrogen-bond acceptors (Lipinski definition) is 5. The number of carbonyl (C=O) groups is 3. The van der Waals surface area contributed by atoms with Crippen LogP contribution in [0.1, 0.15) is 189 Å². The molecule has 0 spiro atoms. The van der Waals surface area contributed by atoms with Crippen molar-refractivity contribution in [2.45, 2.75) is 181 Å². The molecule has 0 aliphatic carbocycles. The van der Waals surface area contributed by atoms with Gasteiger partial charge in [-0.2, -0.15) is 0 Å². The summed E-state index contributed by atoms with van der Waals surface area (Å²) in [5, 5.41) is 6.81. The van der Waals surface area contributed by atoms with E-state index < -0.39 is 0 Å². The van der Waals surface area contributed by atoms with Crippen molar-refractivity contribution in [1.29, 1.82) is 0 Å². The van der Waals surface area contributed by atoms with Crippen molar-refractivity contribution in [3.63, 3.8) is 0 Å². The van der Waals surface area contributed by atoms with Gasteiger partial charge in [-0.1, -0.05) is 127 Å². The van der Waals surface area contributed by atoms with Crippen LogP contribution in [0.4, 0.5) is 5.00 Å². The zero-order valence-electron chi connectivity index (χ0n) is 36.2. The predicted octanol–water partition coefficient (Wildman–Crippen LogP) is 12.5. The van der Waals surface area contributed by atoms with E-state index in [1.807, 2.05) is 23.9 Å². The minimum absolute atomic E-state index is 0.0362. The van der Waals surface area contributed by atoms with Crippen molar-refractivity contribution in [2.75, 3.05) is 39.0 Å². The van der Waals surface area contributed by atoms with Crippen LogP contribution >= 0.6 is 11.3 Å². The number of unbranched alkanes of at least 4 members (excludes halogenated alkanes) is 16. The molecule has 0 saturated carbocycles. The Morgan fingerprint density at radius 1 is 0.661 bits per heavy atom. The van der Waals surface area contributed by atoms with E-state index in [2.05, 4.69) is 73.1 Å². The first-order chi connectivity index (χ1) is 27.4. The van der Waals surface area contributed by atoms with Crippen LogP contribution in [0, 0.1) is 0 Å². The van der Waals surface area contributed by atoms with Gasteiger partial charge in [-0.15, -0.1) is 11.3 Å². The van der Waals surface area contributed by atoms with E-state index in [1.54, 1.807) is 0 Å². The van der Waals surface area contributed by atoms with Crippen molar-refractivity contribution in [3.8, 4) is 0 Å². The molecular weight excluding hydrogens is 713 g/mol. The second-order valence-corrected chi connectivity index (χ2v) is 16.9. The van der Waals surface area contributed by atoms with Gasteiger partial charge in [0.15, 0.2) is 0 Å². The van der Waals surface area contributed by atoms with Gasteiger partial charge >= 0.3 is 0 Å². The summed E-state index contributed by atoms with van der Waals surface area (Å²) in [4.78, 5) is 44.8. The molecule has 1 aromatic rings. The quantitative estimate of drug-likeness (QED) is 0.0549. The van der Waals surface area contributed by atoms with Crippen molar-refractivity contribution in [1.82, 2.24) is 15.1 Å². The molecule has 0 aromatic carbocycles. The smallest absolute Gasteiger partial charge is 0.254 e. The minimum atomic E-state index is -0.137. The second kappa shape index (κ2) is 33.0. The maximum absolute atomic E-state index is 13.5. The molecule has 7 nitrogen and oxygen atoms in total. The molecule has 0 saturated heterocycles. The number of nitrogens with one attached hydrogen (secondary N) is 2. The fraction of sp³-hybridized carbons (Fsp3) is 0.688. The molecule has 0 unspecified atom stereocenters. The number of anilines is 1. The molecule has 0 atom stereocenters. The highest BCUT2D eigenvalue weighted by molar-refractivity contribution is 7.17.